The molecular formula is C14H8ClF3N2O. The minimum absolute atomic E-state index is 0.118. The lowest BCUT2D eigenvalue weighted by Gasteiger charge is -2.12. The maximum Gasteiger partial charge on any atom is 0.417 e. The van der Waals surface area contributed by atoms with Gasteiger partial charge in [-0.1, -0.05) is 29.8 Å². The van der Waals surface area contributed by atoms with Crippen molar-refractivity contribution in [3.05, 3.63) is 58.4 Å². The molecule has 7 heteroatoms. The number of para-hydroxylation sites is 1. The fourth-order valence-corrected chi connectivity index (χ4v) is 2.57. The maximum atomic E-state index is 12.6. The first-order valence-corrected chi connectivity index (χ1v) is 6.38. The van der Waals surface area contributed by atoms with Gasteiger partial charge in [0.05, 0.1) is 16.3 Å². The van der Waals surface area contributed by atoms with E-state index in [1.165, 1.54) is 0 Å². The van der Waals surface area contributed by atoms with Crippen LogP contribution >= 0.6 is 11.6 Å². The van der Waals surface area contributed by atoms with Crippen LogP contribution in [0.4, 0.5) is 18.9 Å². The van der Waals surface area contributed by atoms with Gasteiger partial charge in [0.15, 0.2) is 0 Å². The zero-order valence-corrected chi connectivity index (χ0v) is 11.2. The largest absolute Gasteiger partial charge is 0.417 e. The van der Waals surface area contributed by atoms with Crippen molar-refractivity contribution in [3.8, 4) is 0 Å². The highest BCUT2D eigenvalue weighted by Crippen LogP contribution is 2.40. The number of nitrogens with one attached hydrogen (secondary N) is 1. The third-order valence-electron chi connectivity index (χ3n) is 3.26. The van der Waals surface area contributed by atoms with Gasteiger partial charge in [-0.25, -0.2) is 0 Å². The number of amides is 1. The monoisotopic (exact) mass is 312 g/mol. The quantitative estimate of drug-likeness (QED) is 0.869. The zero-order valence-electron chi connectivity index (χ0n) is 10.4. The van der Waals surface area contributed by atoms with Crippen molar-refractivity contribution >= 4 is 23.2 Å². The molecule has 1 N–H and O–H groups in total. The molecule has 1 aliphatic rings. The summed E-state index contributed by atoms with van der Waals surface area (Å²) in [5.41, 5.74) is 0.442. The van der Waals surface area contributed by atoms with E-state index in [1.807, 2.05) is 0 Å². The van der Waals surface area contributed by atoms with Crippen LogP contribution in [0, 0.1) is 0 Å². The summed E-state index contributed by atoms with van der Waals surface area (Å²) in [6.07, 6.45) is -3.83. The van der Waals surface area contributed by atoms with Gasteiger partial charge in [-0.05, 0) is 17.7 Å². The summed E-state index contributed by atoms with van der Waals surface area (Å²) in [4.78, 5) is 15.8. The Morgan fingerprint density at radius 1 is 1.24 bits per heavy atom. The van der Waals surface area contributed by atoms with Crippen LogP contribution in [0.15, 0.2) is 36.5 Å². The average Bonchev–Trinajstić information content (AvgIpc) is 2.74. The summed E-state index contributed by atoms with van der Waals surface area (Å²) in [5, 5.41) is 2.48. The normalized spacial score (nSPS) is 17.5. The van der Waals surface area contributed by atoms with Gasteiger partial charge in [-0.15, -0.1) is 0 Å². The van der Waals surface area contributed by atoms with Crippen LogP contribution in [0.25, 0.3) is 0 Å². The number of nitrogens with zero attached hydrogens (tertiary/aromatic N) is 1. The Hall–Kier alpha value is -2.08. The first-order valence-electron chi connectivity index (χ1n) is 6.00. The smallest absolute Gasteiger partial charge is 0.325 e. The first kappa shape index (κ1) is 13.9. The number of carbonyl (C=O) groups is 1. The number of pyridine rings is 1. The second kappa shape index (κ2) is 4.73. The summed E-state index contributed by atoms with van der Waals surface area (Å²) in [6.45, 7) is 0. The van der Waals surface area contributed by atoms with Gasteiger partial charge in [0.2, 0.25) is 5.91 Å². The number of halogens is 4. The fourth-order valence-electron chi connectivity index (χ4n) is 2.30. The second-order valence-corrected chi connectivity index (χ2v) is 5.01. The standard InChI is InChI=1S/C14H8ClF3N2O/c15-9-5-7(14(16,17)18)6-19-12(9)11-8-3-1-2-4-10(8)20-13(11)21/h1-6,11H,(H,20,21)/t11-/m0/s1. The molecule has 0 saturated heterocycles. The van der Waals surface area contributed by atoms with Crippen molar-refractivity contribution in [2.75, 3.05) is 5.32 Å². The molecule has 2 heterocycles. The average molecular weight is 313 g/mol. The number of benzene rings is 1. The molecule has 21 heavy (non-hydrogen) atoms. The molecule has 3 nitrogen and oxygen atoms in total. The molecule has 1 aromatic carbocycles. The van der Waals surface area contributed by atoms with Crippen LogP contribution in [0.2, 0.25) is 5.02 Å². The molecule has 0 fully saturated rings. The van der Waals surface area contributed by atoms with Crippen molar-refractivity contribution < 1.29 is 18.0 Å². The Morgan fingerprint density at radius 3 is 2.62 bits per heavy atom. The number of rotatable bonds is 1. The van der Waals surface area contributed by atoms with E-state index < -0.39 is 17.7 Å². The van der Waals surface area contributed by atoms with E-state index in [0.29, 0.717) is 17.4 Å². The van der Waals surface area contributed by atoms with E-state index in [1.54, 1.807) is 24.3 Å². The molecule has 0 spiro atoms. The Labute approximate surface area is 122 Å². The van der Waals surface area contributed by atoms with E-state index >= 15 is 0 Å². The number of carbonyl (C=O) groups excluding carboxylic acids is 1. The van der Waals surface area contributed by atoms with E-state index in [9.17, 15) is 18.0 Å². The molecule has 1 aromatic heterocycles. The van der Waals surface area contributed by atoms with Gasteiger partial charge < -0.3 is 5.32 Å². The third kappa shape index (κ3) is 2.35. The number of fused-ring (bicyclic) bond motifs is 1. The van der Waals surface area contributed by atoms with Crippen LogP contribution in [-0.2, 0) is 11.0 Å². The lowest BCUT2D eigenvalue weighted by molar-refractivity contribution is -0.137. The Kier molecular flexibility index (Phi) is 3.13. The first-order chi connectivity index (χ1) is 9.88. The third-order valence-corrected chi connectivity index (χ3v) is 3.56. The molecule has 108 valence electrons. The van der Waals surface area contributed by atoms with Gasteiger partial charge >= 0.3 is 6.18 Å². The molecule has 1 aliphatic heterocycles. The zero-order chi connectivity index (χ0) is 15.2. The summed E-state index contributed by atoms with van der Waals surface area (Å²) < 4.78 is 37.8. The molecule has 1 amide bonds. The molecule has 0 bridgehead atoms. The van der Waals surface area contributed by atoms with Gasteiger partial charge in [0.1, 0.15) is 5.92 Å². The van der Waals surface area contributed by atoms with Gasteiger partial charge in [-0.3, -0.25) is 9.78 Å². The van der Waals surface area contributed by atoms with Gasteiger partial charge in [0.25, 0.3) is 0 Å². The van der Waals surface area contributed by atoms with Crippen molar-refractivity contribution in [1.82, 2.24) is 4.98 Å². The minimum Gasteiger partial charge on any atom is -0.325 e. The van der Waals surface area contributed by atoms with Crippen LogP contribution in [0.5, 0.6) is 0 Å². The lowest BCUT2D eigenvalue weighted by Crippen LogP contribution is -2.16. The second-order valence-electron chi connectivity index (χ2n) is 4.60. The van der Waals surface area contributed by atoms with E-state index in [4.69, 9.17) is 11.6 Å². The number of hydrogen-bond acceptors (Lipinski definition) is 2. The van der Waals surface area contributed by atoms with Gasteiger partial charge in [0, 0.05) is 11.9 Å². The summed E-state index contributed by atoms with van der Waals surface area (Å²) >= 11 is 5.90. The Morgan fingerprint density at radius 2 is 1.95 bits per heavy atom. The number of anilines is 1. The number of aromatic nitrogens is 1. The highest BCUT2D eigenvalue weighted by atomic mass is 35.5. The van der Waals surface area contributed by atoms with E-state index in [-0.39, 0.29) is 16.6 Å². The number of alkyl halides is 3. The highest BCUT2D eigenvalue weighted by Gasteiger charge is 2.36. The van der Waals surface area contributed by atoms with E-state index in [2.05, 4.69) is 10.3 Å². The van der Waals surface area contributed by atoms with Gasteiger partial charge in [-0.2, -0.15) is 13.2 Å². The summed E-state index contributed by atoms with van der Waals surface area (Å²) in [5.74, 6) is -1.15. The van der Waals surface area contributed by atoms with Crippen LogP contribution in [-0.4, -0.2) is 10.9 Å². The number of hydrogen-bond donors (Lipinski definition) is 1. The molecule has 2 aromatic rings. The SMILES string of the molecule is O=C1Nc2ccccc2[C@H]1c1ncc(C(F)(F)F)cc1Cl. The Bertz CT molecular complexity index is 730. The molecule has 0 unspecified atom stereocenters. The predicted octanol–water partition coefficient (Wildman–Crippen LogP) is 3.84. The molecule has 1 atom stereocenters. The molecule has 3 rings (SSSR count). The predicted molar refractivity (Wildman–Crippen MR) is 71.2 cm³/mol. The lowest BCUT2D eigenvalue weighted by atomic mass is 9.96. The Balaban J connectivity index is 2.08. The van der Waals surface area contributed by atoms with Crippen LogP contribution in [0.3, 0.4) is 0 Å². The summed E-state index contributed by atoms with van der Waals surface area (Å²) in [6, 6.07) is 7.71. The van der Waals surface area contributed by atoms with Crippen molar-refractivity contribution in [3.63, 3.8) is 0 Å². The summed E-state index contributed by atoms with van der Waals surface area (Å²) in [7, 11) is 0. The van der Waals surface area contributed by atoms with Crippen molar-refractivity contribution in [2.45, 2.75) is 12.1 Å². The van der Waals surface area contributed by atoms with E-state index in [0.717, 1.165) is 6.07 Å². The fraction of sp³-hybridized carbons (Fsp3) is 0.143. The molecular weight excluding hydrogens is 305 g/mol. The van der Waals surface area contributed by atoms with Crippen LogP contribution in [0.1, 0.15) is 22.7 Å². The molecule has 0 aliphatic carbocycles. The van der Waals surface area contributed by atoms with Crippen molar-refractivity contribution in [1.29, 1.82) is 0 Å². The maximum absolute atomic E-state index is 12.6. The topological polar surface area (TPSA) is 42.0 Å². The minimum atomic E-state index is -4.52. The highest BCUT2D eigenvalue weighted by molar-refractivity contribution is 6.31. The molecule has 0 saturated carbocycles. The van der Waals surface area contributed by atoms with Crippen LogP contribution < -0.4 is 5.32 Å². The van der Waals surface area contributed by atoms with Crippen molar-refractivity contribution in [2.24, 2.45) is 0 Å². The molecule has 0 radical (unpaired) electrons.